The second-order valence-corrected chi connectivity index (χ2v) is 4.57. The summed E-state index contributed by atoms with van der Waals surface area (Å²) in [6.07, 6.45) is -0.687. The quantitative estimate of drug-likeness (QED) is 0.758. The van der Waals surface area contributed by atoms with Gasteiger partial charge in [-0.3, -0.25) is 4.79 Å². The van der Waals surface area contributed by atoms with Crippen LogP contribution in [0.3, 0.4) is 0 Å². The van der Waals surface area contributed by atoms with Crippen LogP contribution in [0.5, 0.6) is 0 Å². The van der Waals surface area contributed by atoms with Crippen LogP contribution in [0.15, 0.2) is 0 Å². The van der Waals surface area contributed by atoms with Crippen molar-refractivity contribution in [1.29, 1.82) is 0 Å². The molecule has 1 N–H and O–H groups in total. The smallest absolute Gasteiger partial charge is 0.409 e. The maximum atomic E-state index is 12.2. The first-order valence-electron chi connectivity index (χ1n) is 6.75. The highest BCUT2D eigenvalue weighted by Crippen LogP contribution is 2.08. The van der Waals surface area contributed by atoms with Crippen LogP contribution in [0.25, 0.3) is 0 Å². The summed E-state index contributed by atoms with van der Waals surface area (Å²) in [6, 6.07) is 0. The monoisotopic (exact) mass is 307 g/mol. The Balaban J connectivity index is 0.00000200. The van der Waals surface area contributed by atoms with Crippen molar-refractivity contribution in [3.8, 4) is 0 Å². The molecule has 0 saturated carbocycles. The molecule has 116 valence electrons. The molecule has 2 saturated heterocycles. The van der Waals surface area contributed by atoms with Crippen molar-refractivity contribution in [2.24, 2.45) is 0 Å². The lowest BCUT2D eigenvalue weighted by atomic mass is 10.2. The molecule has 2 aliphatic rings. The molecule has 8 heteroatoms. The average Bonchev–Trinajstić information content (AvgIpc) is 2.48. The molecule has 20 heavy (non-hydrogen) atoms. The Kier molecular flexibility index (Phi) is 7.04. The van der Waals surface area contributed by atoms with E-state index in [-0.39, 0.29) is 30.5 Å². The van der Waals surface area contributed by atoms with Crippen molar-refractivity contribution in [3.63, 3.8) is 0 Å². The molecular formula is C12H22ClN3O4. The highest BCUT2D eigenvalue weighted by atomic mass is 35.5. The van der Waals surface area contributed by atoms with Gasteiger partial charge in [0.05, 0.1) is 13.2 Å². The lowest BCUT2D eigenvalue weighted by Crippen LogP contribution is -2.56. The van der Waals surface area contributed by atoms with Gasteiger partial charge in [-0.05, 0) is 6.92 Å². The van der Waals surface area contributed by atoms with Crippen LogP contribution in [0, 0.1) is 0 Å². The second kappa shape index (κ2) is 8.28. The number of rotatable bonds is 2. The van der Waals surface area contributed by atoms with Crippen molar-refractivity contribution in [1.82, 2.24) is 15.1 Å². The van der Waals surface area contributed by atoms with E-state index in [0.717, 1.165) is 6.54 Å². The number of hydrogen-bond acceptors (Lipinski definition) is 5. The Labute approximate surface area is 125 Å². The summed E-state index contributed by atoms with van der Waals surface area (Å²) in [5.74, 6) is 0.00992. The molecule has 0 aromatic carbocycles. The number of ether oxygens (including phenoxy) is 2. The molecule has 2 amide bonds. The minimum atomic E-state index is -0.386. The normalized spacial score (nSPS) is 22.9. The molecule has 0 radical (unpaired) electrons. The van der Waals surface area contributed by atoms with Crippen LogP contribution >= 0.6 is 12.4 Å². The molecule has 7 nitrogen and oxygen atoms in total. The number of carbonyl (C=O) groups is 2. The van der Waals surface area contributed by atoms with E-state index in [2.05, 4.69) is 5.32 Å². The topological polar surface area (TPSA) is 71.1 Å². The zero-order chi connectivity index (χ0) is 13.7. The third-order valence-corrected chi connectivity index (χ3v) is 3.32. The van der Waals surface area contributed by atoms with Crippen molar-refractivity contribution in [2.45, 2.75) is 13.0 Å². The van der Waals surface area contributed by atoms with E-state index in [0.29, 0.717) is 45.9 Å². The molecule has 2 aliphatic heterocycles. The van der Waals surface area contributed by atoms with Gasteiger partial charge in [0.2, 0.25) is 0 Å². The van der Waals surface area contributed by atoms with Crippen molar-refractivity contribution < 1.29 is 19.1 Å². The maximum Gasteiger partial charge on any atom is 0.409 e. The lowest BCUT2D eigenvalue weighted by molar-refractivity contribution is -0.146. The SMILES string of the molecule is CCOC(=O)N1CCN(C(=O)C2CNCCO2)CC1.Cl. The highest BCUT2D eigenvalue weighted by molar-refractivity contribution is 5.85. The zero-order valence-electron chi connectivity index (χ0n) is 11.7. The van der Waals surface area contributed by atoms with E-state index in [1.54, 1.807) is 16.7 Å². The summed E-state index contributed by atoms with van der Waals surface area (Å²) in [6.45, 7) is 6.20. The summed E-state index contributed by atoms with van der Waals surface area (Å²) in [4.78, 5) is 27.1. The van der Waals surface area contributed by atoms with Crippen LogP contribution in [0.1, 0.15) is 6.92 Å². The predicted octanol–water partition coefficient (Wildman–Crippen LogP) is -0.303. The number of nitrogens with zero attached hydrogens (tertiary/aromatic N) is 2. The van der Waals surface area contributed by atoms with Gasteiger partial charge in [0.1, 0.15) is 6.10 Å². The van der Waals surface area contributed by atoms with Crippen molar-refractivity contribution in [3.05, 3.63) is 0 Å². The molecule has 2 rings (SSSR count). The van der Waals surface area contributed by atoms with E-state index in [1.165, 1.54) is 0 Å². The van der Waals surface area contributed by atoms with E-state index in [1.807, 2.05) is 0 Å². The molecule has 0 aromatic rings. The van der Waals surface area contributed by atoms with E-state index in [4.69, 9.17) is 9.47 Å². The second-order valence-electron chi connectivity index (χ2n) is 4.57. The Morgan fingerprint density at radius 2 is 1.90 bits per heavy atom. The molecule has 0 aliphatic carbocycles. The number of halogens is 1. The van der Waals surface area contributed by atoms with Crippen LogP contribution < -0.4 is 5.32 Å². The number of amides is 2. The minimum absolute atomic E-state index is 0. The molecule has 0 bridgehead atoms. The first-order valence-corrected chi connectivity index (χ1v) is 6.75. The maximum absolute atomic E-state index is 12.2. The highest BCUT2D eigenvalue weighted by Gasteiger charge is 2.30. The first kappa shape index (κ1) is 17.0. The number of nitrogens with one attached hydrogen (secondary N) is 1. The molecular weight excluding hydrogens is 286 g/mol. The van der Waals surface area contributed by atoms with Gasteiger partial charge < -0.3 is 24.6 Å². The summed E-state index contributed by atoms with van der Waals surface area (Å²) in [5, 5.41) is 3.14. The van der Waals surface area contributed by atoms with Gasteiger partial charge in [-0.15, -0.1) is 12.4 Å². The van der Waals surface area contributed by atoms with Crippen LogP contribution in [0.4, 0.5) is 4.79 Å². The molecule has 1 unspecified atom stereocenters. The molecule has 2 fully saturated rings. The zero-order valence-corrected chi connectivity index (χ0v) is 12.5. The third kappa shape index (κ3) is 4.22. The standard InChI is InChI=1S/C12H21N3O4.ClH/c1-2-18-12(17)15-6-4-14(5-7-15)11(16)10-9-13-3-8-19-10;/h10,13H,2-9H2,1H3;1H. The van der Waals surface area contributed by atoms with Gasteiger partial charge in [-0.2, -0.15) is 0 Å². The Bertz CT molecular complexity index is 329. The Morgan fingerprint density at radius 3 is 2.45 bits per heavy atom. The summed E-state index contributed by atoms with van der Waals surface area (Å²) in [7, 11) is 0. The number of morpholine rings is 1. The predicted molar refractivity (Wildman–Crippen MR) is 75.0 cm³/mol. The van der Waals surface area contributed by atoms with E-state index in [9.17, 15) is 9.59 Å². The summed E-state index contributed by atoms with van der Waals surface area (Å²) >= 11 is 0. The van der Waals surface area contributed by atoms with Crippen molar-refractivity contribution in [2.75, 3.05) is 52.5 Å². The lowest BCUT2D eigenvalue weighted by Gasteiger charge is -2.36. The van der Waals surface area contributed by atoms with Crippen LogP contribution in [-0.4, -0.2) is 80.4 Å². The fourth-order valence-electron chi connectivity index (χ4n) is 2.25. The largest absolute Gasteiger partial charge is 0.450 e. The first-order chi connectivity index (χ1) is 9.22. The number of hydrogen-bond donors (Lipinski definition) is 1. The van der Waals surface area contributed by atoms with Gasteiger partial charge in [0.25, 0.3) is 5.91 Å². The average molecular weight is 308 g/mol. The molecule has 0 aromatic heterocycles. The van der Waals surface area contributed by atoms with Gasteiger partial charge >= 0.3 is 6.09 Å². The third-order valence-electron chi connectivity index (χ3n) is 3.32. The fraction of sp³-hybridized carbons (Fsp3) is 0.833. The summed E-state index contributed by atoms with van der Waals surface area (Å²) < 4.78 is 10.4. The van der Waals surface area contributed by atoms with Gasteiger partial charge in [-0.1, -0.05) is 0 Å². The Morgan fingerprint density at radius 1 is 1.25 bits per heavy atom. The number of piperazine rings is 1. The minimum Gasteiger partial charge on any atom is -0.450 e. The van der Waals surface area contributed by atoms with Crippen molar-refractivity contribution >= 4 is 24.4 Å². The fourth-order valence-corrected chi connectivity index (χ4v) is 2.25. The van der Waals surface area contributed by atoms with E-state index >= 15 is 0 Å². The molecule has 2 heterocycles. The van der Waals surface area contributed by atoms with Crippen LogP contribution in [-0.2, 0) is 14.3 Å². The Hall–Kier alpha value is -1.05. The number of carbonyl (C=O) groups excluding carboxylic acids is 2. The summed E-state index contributed by atoms with van der Waals surface area (Å²) in [5.41, 5.74) is 0. The van der Waals surface area contributed by atoms with E-state index < -0.39 is 0 Å². The van der Waals surface area contributed by atoms with Gasteiger partial charge in [0.15, 0.2) is 0 Å². The van der Waals surface area contributed by atoms with Gasteiger partial charge in [0, 0.05) is 39.3 Å². The van der Waals surface area contributed by atoms with Gasteiger partial charge in [-0.25, -0.2) is 4.79 Å². The molecule has 1 atom stereocenters. The molecule has 0 spiro atoms. The van der Waals surface area contributed by atoms with Crippen LogP contribution in [0.2, 0.25) is 0 Å².